The van der Waals surface area contributed by atoms with Gasteiger partial charge in [0.1, 0.15) is 11.5 Å². The number of esters is 2. The standard InChI is InChI=1S/C23H19BrO5/c24-19-8-12-20(13-9-19)28-16-22(25)29-21-10-6-18(7-11-21)23(26)27-15-14-17-4-2-1-3-5-17/h1-13H,14-16H2. The lowest BCUT2D eigenvalue weighted by atomic mass is 10.2. The van der Waals surface area contributed by atoms with Crippen molar-refractivity contribution < 1.29 is 23.8 Å². The van der Waals surface area contributed by atoms with Crippen LogP contribution in [0.25, 0.3) is 0 Å². The number of benzene rings is 3. The molecule has 0 fully saturated rings. The number of carbonyl (C=O) groups is 2. The van der Waals surface area contributed by atoms with Crippen LogP contribution in [0.5, 0.6) is 11.5 Å². The molecular weight excluding hydrogens is 436 g/mol. The summed E-state index contributed by atoms with van der Waals surface area (Å²) in [5.41, 5.74) is 1.50. The molecule has 5 nitrogen and oxygen atoms in total. The van der Waals surface area contributed by atoms with Gasteiger partial charge >= 0.3 is 11.9 Å². The molecule has 6 heteroatoms. The molecule has 3 rings (SSSR count). The summed E-state index contributed by atoms with van der Waals surface area (Å²) in [6, 6.07) is 23.1. The molecule has 0 amide bonds. The van der Waals surface area contributed by atoms with Crippen molar-refractivity contribution in [3.05, 3.63) is 94.5 Å². The fourth-order valence-electron chi connectivity index (χ4n) is 2.48. The maximum atomic E-state index is 12.1. The summed E-state index contributed by atoms with van der Waals surface area (Å²) in [5, 5.41) is 0. The van der Waals surface area contributed by atoms with Crippen molar-refractivity contribution in [1.82, 2.24) is 0 Å². The van der Waals surface area contributed by atoms with E-state index in [2.05, 4.69) is 15.9 Å². The summed E-state index contributed by atoms with van der Waals surface area (Å²) in [6.07, 6.45) is 0.653. The maximum Gasteiger partial charge on any atom is 0.349 e. The van der Waals surface area contributed by atoms with Crippen molar-refractivity contribution in [2.24, 2.45) is 0 Å². The van der Waals surface area contributed by atoms with Crippen LogP contribution in [-0.4, -0.2) is 25.2 Å². The van der Waals surface area contributed by atoms with Crippen molar-refractivity contribution in [3.8, 4) is 11.5 Å². The molecule has 0 radical (unpaired) electrons. The molecule has 0 unspecified atom stereocenters. The zero-order valence-corrected chi connectivity index (χ0v) is 17.1. The predicted molar refractivity (Wildman–Crippen MR) is 112 cm³/mol. The molecule has 0 spiro atoms. The Morgan fingerprint density at radius 2 is 1.45 bits per heavy atom. The molecule has 0 heterocycles. The van der Waals surface area contributed by atoms with Crippen LogP contribution >= 0.6 is 15.9 Å². The van der Waals surface area contributed by atoms with E-state index in [0.29, 0.717) is 30.1 Å². The highest BCUT2D eigenvalue weighted by Crippen LogP contribution is 2.17. The van der Waals surface area contributed by atoms with E-state index >= 15 is 0 Å². The van der Waals surface area contributed by atoms with Gasteiger partial charge in [-0.25, -0.2) is 9.59 Å². The lowest BCUT2D eigenvalue weighted by Gasteiger charge is -2.08. The van der Waals surface area contributed by atoms with Gasteiger partial charge in [-0.1, -0.05) is 46.3 Å². The first-order valence-electron chi connectivity index (χ1n) is 9.00. The molecule has 3 aromatic rings. The predicted octanol–water partition coefficient (Wildman–Crippen LogP) is 4.83. The van der Waals surface area contributed by atoms with E-state index in [4.69, 9.17) is 14.2 Å². The van der Waals surface area contributed by atoms with Crippen LogP contribution in [0.2, 0.25) is 0 Å². The second-order valence-electron chi connectivity index (χ2n) is 6.11. The van der Waals surface area contributed by atoms with Gasteiger partial charge < -0.3 is 14.2 Å². The third-order valence-corrected chi connectivity index (χ3v) is 4.49. The lowest BCUT2D eigenvalue weighted by Crippen LogP contribution is -2.17. The number of halogens is 1. The minimum atomic E-state index is -0.536. The Balaban J connectivity index is 1.43. The first-order chi connectivity index (χ1) is 14.1. The minimum absolute atomic E-state index is 0.217. The Morgan fingerprint density at radius 3 is 2.14 bits per heavy atom. The molecule has 0 bridgehead atoms. The lowest BCUT2D eigenvalue weighted by molar-refractivity contribution is -0.136. The SMILES string of the molecule is O=C(COc1ccc(Br)cc1)Oc1ccc(C(=O)OCCc2ccccc2)cc1. The highest BCUT2D eigenvalue weighted by atomic mass is 79.9. The third-order valence-electron chi connectivity index (χ3n) is 3.96. The van der Waals surface area contributed by atoms with Crippen molar-refractivity contribution in [3.63, 3.8) is 0 Å². The minimum Gasteiger partial charge on any atom is -0.482 e. The first kappa shape index (κ1) is 20.6. The van der Waals surface area contributed by atoms with Gasteiger partial charge in [-0.2, -0.15) is 0 Å². The van der Waals surface area contributed by atoms with Gasteiger partial charge in [0.2, 0.25) is 0 Å². The first-order valence-corrected chi connectivity index (χ1v) is 9.79. The summed E-state index contributed by atoms with van der Waals surface area (Å²) in [6.45, 7) is 0.0812. The van der Waals surface area contributed by atoms with Gasteiger partial charge in [0.25, 0.3) is 0 Å². The Kier molecular flexibility index (Phi) is 7.41. The molecule has 0 saturated carbocycles. The van der Waals surface area contributed by atoms with Crippen molar-refractivity contribution in [1.29, 1.82) is 0 Å². The second-order valence-corrected chi connectivity index (χ2v) is 7.03. The third kappa shape index (κ3) is 6.76. The molecule has 0 atom stereocenters. The van der Waals surface area contributed by atoms with Gasteiger partial charge in [0, 0.05) is 10.9 Å². The normalized spacial score (nSPS) is 10.2. The average molecular weight is 455 g/mol. The van der Waals surface area contributed by atoms with E-state index in [-0.39, 0.29) is 6.61 Å². The van der Waals surface area contributed by atoms with Crippen LogP contribution in [0.15, 0.2) is 83.3 Å². The van der Waals surface area contributed by atoms with Crippen molar-refractivity contribution in [2.45, 2.75) is 6.42 Å². The second kappa shape index (κ2) is 10.4. The topological polar surface area (TPSA) is 61.8 Å². The maximum absolute atomic E-state index is 12.1. The quantitative estimate of drug-likeness (QED) is 0.360. The fraction of sp³-hybridized carbons (Fsp3) is 0.130. The van der Waals surface area contributed by atoms with E-state index in [0.717, 1.165) is 10.0 Å². The smallest absolute Gasteiger partial charge is 0.349 e. The number of ether oxygens (including phenoxy) is 3. The molecule has 148 valence electrons. The number of rotatable bonds is 8. The van der Waals surface area contributed by atoms with Gasteiger partial charge in [0.15, 0.2) is 6.61 Å². The molecule has 0 aliphatic heterocycles. The molecule has 0 aromatic heterocycles. The zero-order valence-electron chi connectivity index (χ0n) is 15.5. The van der Waals surface area contributed by atoms with E-state index in [1.54, 1.807) is 36.4 Å². The Labute approximate surface area is 177 Å². The summed E-state index contributed by atoms with van der Waals surface area (Å²) >= 11 is 3.33. The summed E-state index contributed by atoms with van der Waals surface area (Å²) in [5.74, 6) is -0.0579. The van der Waals surface area contributed by atoms with E-state index in [1.807, 2.05) is 42.5 Å². The number of hydrogen-bond acceptors (Lipinski definition) is 5. The van der Waals surface area contributed by atoms with Crippen LogP contribution in [0, 0.1) is 0 Å². The Morgan fingerprint density at radius 1 is 0.793 bits per heavy atom. The number of hydrogen-bond donors (Lipinski definition) is 0. The Hall–Kier alpha value is -3.12. The van der Waals surface area contributed by atoms with Gasteiger partial charge in [-0.3, -0.25) is 0 Å². The highest BCUT2D eigenvalue weighted by molar-refractivity contribution is 9.10. The van der Waals surface area contributed by atoms with Crippen LogP contribution < -0.4 is 9.47 Å². The monoisotopic (exact) mass is 454 g/mol. The summed E-state index contributed by atoms with van der Waals surface area (Å²) in [4.78, 5) is 24.0. The molecule has 0 saturated heterocycles. The van der Waals surface area contributed by atoms with Crippen LogP contribution in [-0.2, 0) is 16.0 Å². The molecule has 29 heavy (non-hydrogen) atoms. The largest absolute Gasteiger partial charge is 0.482 e. The van der Waals surface area contributed by atoms with E-state index < -0.39 is 11.9 Å². The molecule has 0 N–H and O–H groups in total. The van der Waals surface area contributed by atoms with Crippen molar-refractivity contribution >= 4 is 27.9 Å². The van der Waals surface area contributed by atoms with Crippen LogP contribution in [0.4, 0.5) is 0 Å². The van der Waals surface area contributed by atoms with E-state index in [9.17, 15) is 9.59 Å². The molecule has 3 aromatic carbocycles. The van der Waals surface area contributed by atoms with Crippen LogP contribution in [0.3, 0.4) is 0 Å². The average Bonchev–Trinajstić information content (AvgIpc) is 2.74. The molecule has 0 aliphatic rings. The van der Waals surface area contributed by atoms with Gasteiger partial charge in [-0.05, 0) is 54.1 Å². The van der Waals surface area contributed by atoms with E-state index in [1.165, 1.54) is 0 Å². The zero-order chi connectivity index (χ0) is 20.5. The Bertz CT molecular complexity index is 937. The van der Waals surface area contributed by atoms with Gasteiger partial charge in [0.05, 0.1) is 12.2 Å². The van der Waals surface area contributed by atoms with Crippen LogP contribution in [0.1, 0.15) is 15.9 Å². The molecule has 0 aliphatic carbocycles. The summed E-state index contributed by atoms with van der Waals surface area (Å²) in [7, 11) is 0. The van der Waals surface area contributed by atoms with Gasteiger partial charge in [-0.15, -0.1) is 0 Å². The molecular formula is C23H19BrO5. The van der Waals surface area contributed by atoms with Crippen molar-refractivity contribution in [2.75, 3.05) is 13.2 Å². The summed E-state index contributed by atoms with van der Waals surface area (Å²) < 4.78 is 16.8. The highest BCUT2D eigenvalue weighted by Gasteiger charge is 2.10. The number of carbonyl (C=O) groups excluding carboxylic acids is 2. The fourth-order valence-corrected chi connectivity index (χ4v) is 2.75.